The van der Waals surface area contributed by atoms with E-state index in [0.717, 1.165) is 6.42 Å². The van der Waals surface area contributed by atoms with Crippen LogP contribution in [0.4, 0.5) is 19.7 Å². The smallest absolute Gasteiger partial charge is 0.323 e. The van der Waals surface area contributed by atoms with Crippen molar-refractivity contribution in [3.63, 3.8) is 0 Å². The Hall–Kier alpha value is -3.59. The third-order valence-electron chi connectivity index (χ3n) is 6.35. The third kappa shape index (κ3) is 3.78. The minimum Gasteiger partial charge on any atom is -0.351 e. The van der Waals surface area contributed by atoms with E-state index in [4.69, 9.17) is 17.3 Å². The van der Waals surface area contributed by atoms with Gasteiger partial charge in [0.15, 0.2) is 0 Å². The molecule has 8 nitrogen and oxygen atoms in total. The Bertz CT molecular complexity index is 1290. The summed E-state index contributed by atoms with van der Waals surface area (Å²) in [5, 5.41) is 6.20. The monoisotopic (exact) mass is 469 g/mol. The molecule has 4 N–H and O–H groups in total. The van der Waals surface area contributed by atoms with E-state index in [1.165, 1.54) is 21.7 Å². The molecule has 0 bridgehead atoms. The number of nitrogens with zero attached hydrogens (tertiary/aromatic N) is 2. The van der Waals surface area contributed by atoms with Crippen LogP contribution in [0, 0.1) is 17.7 Å². The minimum atomic E-state index is -0.667. The van der Waals surface area contributed by atoms with E-state index in [1.807, 2.05) is 0 Å². The number of carbonyl (C=O) groups excluding carboxylic acids is 3. The number of para-hydroxylation sites is 1. The fourth-order valence-corrected chi connectivity index (χ4v) is 4.82. The number of amides is 4. The summed E-state index contributed by atoms with van der Waals surface area (Å²) in [7, 11) is 0. The highest BCUT2D eigenvalue weighted by molar-refractivity contribution is 6.30. The molecule has 5 rings (SSSR count). The lowest BCUT2D eigenvalue weighted by molar-refractivity contribution is -0.125. The fourth-order valence-electron chi connectivity index (χ4n) is 4.63. The Labute approximate surface area is 193 Å². The van der Waals surface area contributed by atoms with Gasteiger partial charge in [-0.3, -0.25) is 9.36 Å². The lowest BCUT2D eigenvalue weighted by atomic mass is 10.1. The van der Waals surface area contributed by atoms with Gasteiger partial charge in [0.25, 0.3) is 0 Å². The molecular formula is C23H21ClFN5O3. The molecule has 2 fully saturated rings. The summed E-state index contributed by atoms with van der Waals surface area (Å²) in [6.45, 7) is 0.426. The van der Waals surface area contributed by atoms with E-state index in [1.54, 1.807) is 36.4 Å². The van der Waals surface area contributed by atoms with Gasteiger partial charge in [0.1, 0.15) is 11.9 Å². The predicted octanol–water partition coefficient (Wildman–Crippen LogP) is 3.53. The first-order valence-corrected chi connectivity index (χ1v) is 10.9. The summed E-state index contributed by atoms with van der Waals surface area (Å²) in [6.07, 6.45) is 2.34. The summed E-state index contributed by atoms with van der Waals surface area (Å²) in [4.78, 5) is 39.4. The summed E-state index contributed by atoms with van der Waals surface area (Å²) in [5.74, 6) is -0.571. The number of anilines is 1. The van der Waals surface area contributed by atoms with Crippen LogP contribution in [-0.4, -0.2) is 40.0 Å². The number of urea groups is 1. The number of hydrogen-bond donors (Lipinski definition) is 3. The van der Waals surface area contributed by atoms with Crippen molar-refractivity contribution in [2.75, 3.05) is 11.9 Å². The first-order chi connectivity index (χ1) is 15.8. The number of likely N-dealkylation sites (tertiary alicyclic amines) is 1. The Morgan fingerprint density at radius 2 is 1.94 bits per heavy atom. The van der Waals surface area contributed by atoms with Gasteiger partial charge >= 0.3 is 12.1 Å². The normalized spacial score (nSPS) is 21.0. The summed E-state index contributed by atoms with van der Waals surface area (Å²) in [6, 6.07) is 9.91. The highest BCUT2D eigenvalue weighted by atomic mass is 35.5. The Morgan fingerprint density at radius 1 is 1.15 bits per heavy atom. The van der Waals surface area contributed by atoms with Crippen LogP contribution in [0.15, 0.2) is 48.7 Å². The molecule has 0 spiro atoms. The van der Waals surface area contributed by atoms with E-state index in [-0.39, 0.29) is 34.9 Å². The summed E-state index contributed by atoms with van der Waals surface area (Å²) in [5.41, 5.74) is 6.72. The van der Waals surface area contributed by atoms with E-state index in [2.05, 4.69) is 10.6 Å². The van der Waals surface area contributed by atoms with Gasteiger partial charge in [-0.2, -0.15) is 0 Å². The molecule has 1 aromatic heterocycles. The maximum Gasteiger partial charge on any atom is 0.323 e. The van der Waals surface area contributed by atoms with Crippen molar-refractivity contribution in [3.8, 4) is 0 Å². The van der Waals surface area contributed by atoms with Crippen LogP contribution < -0.4 is 16.4 Å². The number of piperidine rings is 1. The fraction of sp³-hybridized carbons (Fsp3) is 0.261. The van der Waals surface area contributed by atoms with Crippen LogP contribution in [0.5, 0.6) is 0 Å². The second-order valence-corrected chi connectivity index (χ2v) is 8.79. The number of rotatable bonds is 4. The second kappa shape index (κ2) is 8.08. The zero-order valence-electron chi connectivity index (χ0n) is 17.4. The highest BCUT2D eigenvalue weighted by Crippen LogP contribution is 2.49. The van der Waals surface area contributed by atoms with E-state index >= 15 is 0 Å². The Kier molecular flexibility index (Phi) is 5.20. The summed E-state index contributed by atoms with van der Waals surface area (Å²) < 4.78 is 15.4. The van der Waals surface area contributed by atoms with Crippen LogP contribution in [0.1, 0.15) is 12.0 Å². The number of halogens is 2. The van der Waals surface area contributed by atoms with Gasteiger partial charge in [-0.1, -0.05) is 41.9 Å². The number of carbonyl (C=O) groups is 3. The molecule has 4 amide bonds. The standard InChI is InChI=1S/C23H21ClFN5O3/c24-16-6-3-4-12(19(16)25)9-27-21(31)20-15-8-13(15)10-30(20)23(33)28-17-11-29(22(26)32)18-7-2-1-5-14(17)18/h1-7,11,13,15,20H,8-10H2,(H2,26,32)(H,27,31)(H,28,33)/t13-,15-,20+/m1/s1. The number of primary amides is 1. The number of aromatic nitrogens is 1. The zero-order valence-corrected chi connectivity index (χ0v) is 18.2. The molecule has 3 atom stereocenters. The molecular weight excluding hydrogens is 449 g/mol. The molecule has 3 aromatic rings. The average molecular weight is 470 g/mol. The molecule has 2 aromatic carbocycles. The minimum absolute atomic E-state index is 0.0130. The molecule has 1 aliphatic heterocycles. The van der Waals surface area contributed by atoms with Crippen LogP contribution in [0.25, 0.3) is 10.9 Å². The molecule has 10 heteroatoms. The number of nitrogens with two attached hydrogens (primary N) is 1. The van der Waals surface area contributed by atoms with Crippen LogP contribution in [0.2, 0.25) is 5.02 Å². The maximum atomic E-state index is 14.2. The van der Waals surface area contributed by atoms with Crippen LogP contribution in [0.3, 0.4) is 0 Å². The van der Waals surface area contributed by atoms with Gasteiger partial charge in [-0.25, -0.2) is 14.0 Å². The molecule has 1 aliphatic carbocycles. The summed E-state index contributed by atoms with van der Waals surface area (Å²) >= 11 is 5.81. The van der Waals surface area contributed by atoms with Crippen molar-refractivity contribution in [1.82, 2.24) is 14.8 Å². The Balaban J connectivity index is 1.32. The van der Waals surface area contributed by atoms with E-state index in [0.29, 0.717) is 23.1 Å². The third-order valence-corrected chi connectivity index (χ3v) is 6.65. The van der Waals surface area contributed by atoms with Gasteiger partial charge in [-0.15, -0.1) is 0 Å². The molecule has 2 aliphatic rings. The van der Waals surface area contributed by atoms with E-state index in [9.17, 15) is 18.8 Å². The lowest BCUT2D eigenvalue weighted by Gasteiger charge is -2.27. The lowest BCUT2D eigenvalue weighted by Crippen LogP contribution is -2.49. The SMILES string of the molecule is NC(=O)n1cc(NC(=O)N2C[C@H]3C[C@H]3[C@H]2C(=O)NCc2cccc(Cl)c2F)c2ccccc21. The maximum absolute atomic E-state index is 14.2. The van der Waals surface area contributed by atoms with Crippen molar-refractivity contribution in [3.05, 3.63) is 65.1 Å². The molecule has 1 saturated carbocycles. The van der Waals surface area contributed by atoms with Crippen molar-refractivity contribution in [1.29, 1.82) is 0 Å². The zero-order chi connectivity index (χ0) is 23.3. The first kappa shape index (κ1) is 21.3. The number of nitrogens with one attached hydrogen (secondary N) is 2. The highest BCUT2D eigenvalue weighted by Gasteiger charge is 2.56. The molecule has 170 valence electrons. The number of fused-ring (bicyclic) bond motifs is 2. The van der Waals surface area contributed by atoms with Gasteiger partial charge < -0.3 is 21.3 Å². The van der Waals surface area contributed by atoms with Gasteiger partial charge in [0.05, 0.1) is 16.2 Å². The molecule has 1 saturated heterocycles. The average Bonchev–Trinajstić information content (AvgIpc) is 3.30. The van der Waals surface area contributed by atoms with Gasteiger partial charge in [-0.05, 0) is 30.4 Å². The first-order valence-electron chi connectivity index (χ1n) is 10.5. The van der Waals surface area contributed by atoms with Gasteiger partial charge in [0, 0.05) is 30.2 Å². The van der Waals surface area contributed by atoms with Gasteiger partial charge in [0.2, 0.25) is 5.91 Å². The largest absolute Gasteiger partial charge is 0.351 e. The van der Waals surface area contributed by atoms with Crippen molar-refractivity contribution in [2.45, 2.75) is 19.0 Å². The quantitative estimate of drug-likeness (QED) is 0.543. The van der Waals surface area contributed by atoms with Crippen molar-refractivity contribution < 1.29 is 18.8 Å². The molecule has 2 heterocycles. The van der Waals surface area contributed by atoms with Crippen molar-refractivity contribution >= 4 is 46.2 Å². The predicted molar refractivity (Wildman–Crippen MR) is 121 cm³/mol. The van der Waals surface area contributed by atoms with Crippen molar-refractivity contribution in [2.24, 2.45) is 17.6 Å². The Morgan fingerprint density at radius 3 is 2.73 bits per heavy atom. The van der Waals surface area contributed by atoms with Crippen LogP contribution >= 0.6 is 11.6 Å². The molecule has 33 heavy (non-hydrogen) atoms. The second-order valence-electron chi connectivity index (χ2n) is 8.39. The number of hydrogen-bond acceptors (Lipinski definition) is 3. The number of benzene rings is 2. The van der Waals surface area contributed by atoms with E-state index < -0.39 is 23.9 Å². The van der Waals surface area contributed by atoms with Crippen LogP contribution in [-0.2, 0) is 11.3 Å². The molecule has 0 unspecified atom stereocenters. The topological polar surface area (TPSA) is 109 Å². The molecule has 0 radical (unpaired) electrons.